The number of rotatable bonds is 5. The van der Waals surface area contributed by atoms with E-state index in [-0.39, 0.29) is 18.1 Å². The summed E-state index contributed by atoms with van der Waals surface area (Å²) in [5.41, 5.74) is 0.313. The molecule has 0 bridgehead atoms. The number of ether oxygens (including phenoxy) is 2. The second kappa shape index (κ2) is 5.56. The van der Waals surface area contributed by atoms with E-state index >= 15 is 0 Å². The van der Waals surface area contributed by atoms with Crippen LogP contribution in [0.25, 0.3) is 0 Å². The second-order valence-corrected chi connectivity index (χ2v) is 3.16. The van der Waals surface area contributed by atoms with Crippen LogP contribution >= 0.6 is 0 Å². The van der Waals surface area contributed by atoms with Crippen molar-refractivity contribution in [2.75, 3.05) is 13.2 Å². The van der Waals surface area contributed by atoms with E-state index in [1.807, 2.05) is 0 Å². The molecule has 0 saturated carbocycles. The van der Waals surface area contributed by atoms with Gasteiger partial charge in [-0.3, -0.25) is 4.79 Å². The maximum Gasteiger partial charge on any atom is 0.422 e. The molecular formula is C11H11F3O3. The molecule has 1 aromatic carbocycles. The lowest BCUT2D eigenvalue weighted by Gasteiger charge is -2.13. The summed E-state index contributed by atoms with van der Waals surface area (Å²) in [6, 6.07) is 3.98. The van der Waals surface area contributed by atoms with E-state index in [4.69, 9.17) is 4.74 Å². The fourth-order valence-electron chi connectivity index (χ4n) is 1.15. The molecule has 0 radical (unpaired) electrons. The molecule has 0 atom stereocenters. The average molecular weight is 248 g/mol. The zero-order valence-electron chi connectivity index (χ0n) is 9.08. The quantitative estimate of drug-likeness (QED) is 0.751. The first-order valence-electron chi connectivity index (χ1n) is 4.88. The van der Waals surface area contributed by atoms with Crippen LogP contribution in [0.4, 0.5) is 13.2 Å². The van der Waals surface area contributed by atoms with Gasteiger partial charge in [0.2, 0.25) is 0 Å². The summed E-state index contributed by atoms with van der Waals surface area (Å²) in [7, 11) is 0. The first kappa shape index (κ1) is 13.3. The Bertz CT molecular complexity index is 388. The molecule has 1 rings (SSSR count). The molecular weight excluding hydrogens is 237 g/mol. The maximum atomic E-state index is 12.0. The number of hydrogen-bond donors (Lipinski definition) is 0. The van der Waals surface area contributed by atoms with Crippen LogP contribution in [0.5, 0.6) is 11.5 Å². The first-order chi connectivity index (χ1) is 7.96. The van der Waals surface area contributed by atoms with Crippen molar-refractivity contribution in [2.24, 2.45) is 0 Å². The number of carbonyl (C=O) groups is 1. The lowest BCUT2D eigenvalue weighted by Crippen LogP contribution is -2.19. The van der Waals surface area contributed by atoms with Gasteiger partial charge >= 0.3 is 6.18 Å². The van der Waals surface area contributed by atoms with Crippen molar-refractivity contribution < 1.29 is 27.4 Å². The average Bonchev–Trinajstić information content (AvgIpc) is 2.26. The Morgan fingerprint density at radius 2 is 1.94 bits per heavy atom. The molecule has 1 aromatic rings. The SMILES string of the molecule is CCOc1cc(C=O)ccc1OCC(F)(F)F. The van der Waals surface area contributed by atoms with Gasteiger partial charge < -0.3 is 9.47 Å². The number of alkyl halides is 3. The van der Waals surface area contributed by atoms with Crippen LogP contribution in [-0.2, 0) is 0 Å². The molecule has 17 heavy (non-hydrogen) atoms. The molecule has 0 unspecified atom stereocenters. The predicted octanol–water partition coefficient (Wildman–Crippen LogP) is 2.84. The molecule has 0 fully saturated rings. The highest BCUT2D eigenvalue weighted by atomic mass is 19.4. The number of halogens is 3. The van der Waals surface area contributed by atoms with Crippen molar-refractivity contribution in [3.05, 3.63) is 23.8 Å². The Hall–Kier alpha value is -1.72. The summed E-state index contributed by atoms with van der Waals surface area (Å²) in [6.45, 7) is 0.555. The molecule has 6 heteroatoms. The minimum absolute atomic E-state index is 0.0326. The third kappa shape index (κ3) is 4.34. The van der Waals surface area contributed by atoms with E-state index in [9.17, 15) is 18.0 Å². The summed E-state index contributed by atoms with van der Waals surface area (Å²) in [5, 5.41) is 0. The molecule has 0 aliphatic heterocycles. The standard InChI is InChI=1S/C11H11F3O3/c1-2-16-10-5-8(6-15)3-4-9(10)17-7-11(12,13)14/h3-6H,2,7H2,1H3. The molecule has 0 aliphatic carbocycles. The minimum atomic E-state index is -4.41. The molecule has 0 heterocycles. The topological polar surface area (TPSA) is 35.5 Å². The van der Waals surface area contributed by atoms with Crippen molar-refractivity contribution in [1.29, 1.82) is 0 Å². The number of aldehydes is 1. The lowest BCUT2D eigenvalue weighted by molar-refractivity contribution is -0.153. The maximum absolute atomic E-state index is 12.0. The molecule has 3 nitrogen and oxygen atoms in total. The zero-order valence-corrected chi connectivity index (χ0v) is 9.08. The van der Waals surface area contributed by atoms with Crippen LogP contribution in [0.1, 0.15) is 17.3 Å². The first-order valence-corrected chi connectivity index (χ1v) is 4.88. The van der Waals surface area contributed by atoms with Crippen molar-refractivity contribution >= 4 is 6.29 Å². The largest absolute Gasteiger partial charge is 0.490 e. The van der Waals surface area contributed by atoms with Gasteiger partial charge in [-0.2, -0.15) is 13.2 Å². The van der Waals surface area contributed by atoms with E-state index < -0.39 is 12.8 Å². The van der Waals surface area contributed by atoms with Gasteiger partial charge in [-0.05, 0) is 25.1 Å². The molecule has 0 amide bonds. The third-order valence-electron chi connectivity index (χ3n) is 1.80. The molecule has 0 spiro atoms. The number of hydrogen-bond acceptors (Lipinski definition) is 3. The fourth-order valence-corrected chi connectivity index (χ4v) is 1.15. The van der Waals surface area contributed by atoms with E-state index in [0.29, 0.717) is 11.8 Å². The van der Waals surface area contributed by atoms with Gasteiger partial charge in [-0.25, -0.2) is 0 Å². The summed E-state index contributed by atoms with van der Waals surface area (Å²) in [5.74, 6) is 0.0936. The number of benzene rings is 1. The Balaban J connectivity index is 2.86. The molecule has 0 aliphatic rings. The molecule has 0 aromatic heterocycles. The Labute approximate surface area is 96.1 Å². The molecule has 0 saturated heterocycles. The van der Waals surface area contributed by atoms with Crippen LogP contribution in [0.15, 0.2) is 18.2 Å². The third-order valence-corrected chi connectivity index (χ3v) is 1.80. The Morgan fingerprint density at radius 1 is 1.24 bits per heavy atom. The van der Waals surface area contributed by atoms with Crippen LogP contribution in [0, 0.1) is 0 Å². The summed E-state index contributed by atoms with van der Waals surface area (Å²) in [6.07, 6.45) is -3.83. The van der Waals surface area contributed by atoms with E-state index in [1.54, 1.807) is 6.92 Å². The lowest BCUT2D eigenvalue weighted by atomic mass is 10.2. The van der Waals surface area contributed by atoms with Gasteiger partial charge in [-0.15, -0.1) is 0 Å². The van der Waals surface area contributed by atoms with Crippen LogP contribution in [-0.4, -0.2) is 25.7 Å². The normalized spacial score (nSPS) is 11.1. The predicted molar refractivity (Wildman–Crippen MR) is 54.5 cm³/mol. The van der Waals surface area contributed by atoms with Gasteiger partial charge in [0, 0.05) is 5.56 Å². The van der Waals surface area contributed by atoms with Crippen molar-refractivity contribution in [2.45, 2.75) is 13.1 Å². The fraction of sp³-hybridized carbons (Fsp3) is 0.364. The van der Waals surface area contributed by atoms with Gasteiger partial charge in [0.05, 0.1) is 6.61 Å². The van der Waals surface area contributed by atoms with Crippen LogP contribution in [0.2, 0.25) is 0 Å². The smallest absolute Gasteiger partial charge is 0.422 e. The van der Waals surface area contributed by atoms with E-state index in [2.05, 4.69) is 4.74 Å². The van der Waals surface area contributed by atoms with E-state index in [1.165, 1.54) is 18.2 Å². The minimum Gasteiger partial charge on any atom is -0.490 e. The van der Waals surface area contributed by atoms with Gasteiger partial charge in [0.25, 0.3) is 0 Å². The van der Waals surface area contributed by atoms with Crippen LogP contribution in [0.3, 0.4) is 0 Å². The van der Waals surface area contributed by atoms with Crippen LogP contribution < -0.4 is 9.47 Å². The second-order valence-electron chi connectivity index (χ2n) is 3.16. The Morgan fingerprint density at radius 3 is 2.47 bits per heavy atom. The summed E-state index contributed by atoms with van der Waals surface area (Å²) < 4.78 is 45.6. The zero-order chi connectivity index (χ0) is 12.9. The van der Waals surface area contributed by atoms with Gasteiger partial charge in [0.15, 0.2) is 18.1 Å². The summed E-state index contributed by atoms with van der Waals surface area (Å²) >= 11 is 0. The monoisotopic (exact) mass is 248 g/mol. The molecule has 0 N–H and O–H groups in total. The van der Waals surface area contributed by atoms with Crippen molar-refractivity contribution in [3.8, 4) is 11.5 Å². The van der Waals surface area contributed by atoms with Crippen molar-refractivity contribution in [3.63, 3.8) is 0 Å². The Kier molecular flexibility index (Phi) is 4.37. The highest BCUT2D eigenvalue weighted by Gasteiger charge is 2.29. The van der Waals surface area contributed by atoms with Crippen molar-refractivity contribution in [1.82, 2.24) is 0 Å². The summed E-state index contributed by atoms with van der Waals surface area (Å²) in [4.78, 5) is 10.5. The van der Waals surface area contributed by atoms with E-state index in [0.717, 1.165) is 0 Å². The highest BCUT2D eigenvalue weighted by Crippen LogP contribution is 2.29. The number of carbonyl (C=O) groups excluding carboxylic acids is 1. The highest BCUT2D eigenvalue weighted by molar-refractivity contribution is 5.76. The van der Waals surface area contributed by atoms with Gasteiger partial charge in [-0.1, -0.05) is 0 Å². The van der Waals surface area contributed by atoms with Gasteiger partial charge in [0.1, 0.15) is 6.29 Å². The molecule has 94 valence electrons.